The molecule has 0 saturated carbocycles. The number of amides is 2. The summed E-state index contributed by atoms with van der Waals surface area (Å²) in [6.07, 6.45) is -1.07. The van der Waals surface area contributed by atoms with Crippen molar-refractivity contribution in [1.29, 1.82) is 0 Å². The van der Waals surface area contributed by atoms with E-state index in [1.54, 1.807) is 12.1 Å². The number of nitrogens with zero attached hydrogens (tertiary/aromatic N) is 2. The van der Waals surface area contributed by atoms with E-state index in [1.807, 2.05) is 13.8 Å². The number of imide groups is 1. The minimum atomic E-state index is -1.68. The van der Waals surface area contributed by atoms with E-state index >= 15 is 0 Å². The molecule has 0 N–H and O–H groups in total. The number of hydrogen-bond acceptors (Lipinski definition) is 4. The maximum Gasteiger partial charge on any atom is 0.242 e. The first kappa shape index (κ1) is 16.1. The van der Waals surface area contributed by atoms with E-state index in [9.17, 15) is 18.4 Å². The number of fused-ring (bicyclic) bond motifs is 1. The zero-order chi connectivity index (χ0) is 16.7. The van der Waals surface area contributed by atoms with Gasteiger partial charge in [-0.3, -0.25) is 9.59 Å². The molecule has 0 radical (unpaired) electrons. The predicted octanol–water partition coefficient (Wildman–Crippen LogP) is 3.28. The molecule has 122 valence electrons. The summed E-state index contributed by atoms with van der Waals surface area (Å²) in [5.74, 6) is -3.99. The van der Waals surface area contributed by atoms with Gasteiger partial charge in [-0.2, -0.15) is 0 Å². The van der Waals surface area contributed by atoms with Gasteiger partial charge < -0.3 is 0 Å². The number of carbonyl (C=O) groups is 2. The average Bonchev–Trinajstić information content (AvgIpc) is 2.70. The molecule has 3 unspecified atom stereocenters. The minimum absolute atomic E-state index is 0.168. The first-order valence-corrected chi connectivity index (χ1v) is 8.28. The molecule has 1 aromatic rings. The molecule has 0 spiro atoms. The van der Waals surface area contributed by atoms with Gasteiger partial charge in [0.15, 0.2) is 0 Å². The van der Waals surface area contributed by atoms with Crippen molar-refractivity contribution in [2.24, 2.45) is 11.8 Å². The Morgan fingerprint density at radius 3 is 2.74 bits per heavy atom. The molecular weight excluding hydrogens is 322 g/mol. The van der Waals surface area contributed by atoms with Crippen LogP contribution in [0.3, 0.4) is 0 Å². The molecule has 3 rings (SSSR count). The van der Waals surface area contributed by atoms with Crippen LogP contribution in [0.4, 0.5) is 14.6 Å². The molecule has 3 atom stereocenters. The zero-order valence-corrected chi connectivity index (χ0v) is 13.5. The highest BCUT2D eigenvalue weighted by atomic mass is 32.2. The first-order valence-electron chi connectivity index (χ1n) is 7.40. The Morgan fingerprint density at radius 1 is 1.30 bits per heavy atom. The lowest BCUT2D eigenvalue weighted by atomic mass is 9.84. The van der Waals surface area contributed by atoms with Crippen molar-refractivity contribution in [2.45, 2.75) is 36.7 Å². The summed E-state index contributed by atoms with van der Waals surface area (Å²) in [6, 6.07) is 5.01. The van der Waals surface area contributed by atoms with E-state index in [2.05, 4.69) is 4.98 Å². The van der Waals surface area contributed by atoms with Crippen LogP contribution in [0, 0.1) is 11.8 Å². The number of thioether (sulfide) groups is 1. The fourth-order valence-corrected chi connectivity index (χ4v) is 3.69. The highest BCUT2D eigenvalue weighted by Crippen LogP contribution is 2.40. The van der Waals surface area contributed by atoms with Gasteiger partial charge in [0.2, 0.25) is 11.8 Å². The predicted molar refractivity (Wildman–Crippen MR) is 83.4 cm³/mol. The number of hydrogen-bond donors (Lipinski definition) is 0. The molecule has 2 amide bonds. The SMILES string of the molecule is CC(C)Sc1cccc(N2C(=O)C3C=C(F)CC(F)C3C2=O)n1. The van der Waals surface area contributed by atoms with Gasteiger partial charge in [-0.25, -0.2) is 18.7 Å². The van der Waals surface area contributed by atoms with E-state index < -0.39 is 42.1 Å². The molecule has 2 aliphatic rings. The Bertz CT molecular complexity index is 692. The Morgan fingerprint density at radius 2 is 2.04 bits per heavy atom. The highest BCUT2D eigenvalue weighted by molar-refractivity contribution is 7.99. The van der Waals surface area contributed by atoms with Crippen LogP contribution in [0.25, 0.3) is 0 Å². The lowest BCUT2D eigenvalue weighted by Crippen LogP contribution is -2.33. The Labute approximate surface area is 137 Å². The van der Waals surface area contributed by atoms with E-state index in [4.69, 9.17) is 0 Å². The van der Waals surface area contributed by atoms with Crippen LogP contribution >= 0.6 is 11.8 Å². The molecule has 1 aliphatic heterocycles. The summed E-state index contributed by atoms with van der Waals surface area (Å²) < 4.78 is 27.5. The molecule has 7 heteroatoms. The van der Waals surface area contributed by atoms with Gasteiger partial charge in [0.25, 0.3) is 0 Å². The first-order chi connectivity index (χ1) is 10.9. The van der Waals surface area contributed by atoms with Crippen LogP contribution in [0.1, 0.15) is 20.3 Å². The standard InChI is InChI=1S/C16H16F2N2O2S/c1-8(2)23-13-5-3-4-12(19-13)20-15(21)10-6-9(17)7-11(18)14(10)16(20)22/h3-6,8,10-11,14H,7H2,1-2H3. The molecule has 0 aromatic carbocycles. The molecule has 1 saturated heterocycles. The fourth-order valence-electron chi connectivity index (χ4n) is 2.91. The van der Waals surface area contributed by atoms with Gasteiger partial charge in [-0.15, -0.1) is 11.8 Å². The second kappa shape index (κ2) is 6.03. The van der Waals surface area contributed by atoms with Crippen LogP contribution in [0.5, 0.6) is 0 Å². The largest absolute Gasteiger partial charge is 0.273 e. The summed E-state index contributed by atoms with van der Waals surface area (Å²) in [5, 5.41) is 0.962. The van der Waals surface area contributed by atoms with Crippen molar-refractivity contribution in [1.82, 2.24) is 4.98 Å². The zero-order valence-electron chi connectivity index (χ0n) is 12.7. The van der Waals surface area contributed by atoms with Gasteiger partial charge in [0, 0.05) is 11.7 Å². The third kappa shape index (κ3) is 2.89. The van der Waals surface area contributed by atoms with Crippen LogP contribution < -0.4 is 4.90 Å². The Kier molecular flexibility index (Phi) is 4.23. The third-order valence-corrected chi connectivity index (χ3v) is 4.77. The van der Waals surface area contributed by atoms with Gasteiger partial charge in [0.05, 0.1) is 22.7 Å². The molecule has 23 heavy (non-hydrogen) atoms. The van der Waals surface area contributed by atoms with Crippen LogP contribution in [-0.2, 0) is 9.59 Å². The third-order valence-electron chi connectivity index (χ3n) is 3.83. The molecule has 0 bridgehead atoms. The number of alkyl halides is 1. The number of pyridine rings is 1. The lowest BCUT2D eigenvalue weighted by Gasteiger charge is -2.20. The number of halogens is 2. The quantitative estimate of drug-likeness (QED) is 0.627. The topological polar surface area (TPSA) is 50.3 Å². The Balaban J connectivity index is 1.95. The van der Waals surface area contributed by atoms with Crippen LogP contribution in [0.15, 0.2) is 35.1 Å². The van der Waals surface area contributed by atoms with Crippen molar-refractivity contribution in [2.75, 3.05) is 4.90 Å². The van der Waals surface area contributed by atoms with Crippen molar-refractivity contribution in [3.8, 4) is 0 Å². The second-order valence-electron chi connectivity index (χ2n) is 5.90. The average molecular weight is 338 g/mol. The molecular formula is C16H16F2N2O2S. The van der Waals surface area contributed by atoms with Crippen LogP contribution in [-0.4, -0.2) is 28.2 Å². The van der Waals surface area contributed by atoms with E-state index in [0.717, 1.165) is 11.0 Å². The summed E-state index contributed by atoms with van der Waals surface area (Å²) in [6.45, 7) is 4.00. The van der Waals surface area contributed by atoms with Crippen molar-refractivity contribution < 1.29 is 18.4 Å². The number of allylic oxidation sites excluding steroid dienone is 1. The summed E-state index contributed by atoms with van der Waals surface area (Å²) in [4.78, 5) is 30.1. The fraction of sp³-hybridized carbons (Fsp3) is 0.438. The summed E-state index contributed by atoms with van der Waals surface area (Å²) in [7, 11) is 0. The van der Waals surface area contributed by atoms with E-state index in [0.29, 0.717) is 5.03 Å². The van der Waals surface area contributed by atoms with Crippen molar-refractivity contribution in [3.05, 3.63) is 30.1 Å². The lowest BCUT2D eigenvalue weighted by molar-refractivity contribution is -0.123. The molecule has 4 nitrogen and oxygen atoms in total. The summed E-state index contributed by atoms with van der Waals surface area (Å²) >= 11 is 1.49. The minimum Gasteiger partial charge on any atom is -0.273 e. The monoisotopic (exact) mass is 338 g/mol. The summed E-state index contributed by atoms with van der Waals surface area (Å²) in [5.41, 5.74) is 0. The normalized spacial score (nSPS) is 27.4. The number of carbonyl (C=O) groups excluding carboxylic acids is 2. The molecule has 1 aliphatic carbocycles. The van der Waals surface area contributed by atoms with Gasteiger partial charge in [-0.1, -0.05) is 19.9 Å². The number of anilines is 1. The second-order valence-corrected chi connectivity index (χ2v) is 7.49. The maximum absolute atomic E-state index is 14.0. The molecule has 1 fully saturated rings. The van der Waals surface area contributed by atoms with Crippen molar-refractivity contribution in [3.63, 3.8) is 0 Å². The van der Waals surface area contributed by atoms with E-state index in [1.165, 1.54) is 17.8 Å². The number of aromatic nitrogens is 1. The maximum atomic E-state index is 14.0. The van der Waals surface area contributed by atoms with Gasteiger partial charge in [0.1, 0.15) is 12.0 Å². The van der Waals surface area contributed by atoms with Gasteiger partial charge >= 0.3 is 0 Å². The molecule has 2 heterocycles. The highest BCUT2D eigenvalue weighted by Gasteiger charge is 2.53. The van der Waals surface area contributed by atoms with E-state index in [-0.39, 0.29) is 11.1 Å². The molecule has 1 aromatic heterocycles. The van der Waals surface area contributed by atoms with Crippen molar-refractivity contribution >= 4 is 29.4 Å². The Hall–Kier alpha value is -1.76. The van der Waals surface area contributed by atoms with Gasteiger partial charge in [-0.05, 0) is 18.2 Å². The number of rotatable bonds is 3. The smallest absolute Gasteiger partial charge is 0.242 e. The van der Waals surface area contributed by atoms with Crippen LogP contribution in [0.2, 0.25) is 0 Å².